The Hall–Kier alpha value is -1.39. The molecule has 0 bridgehead atoms. The molecule has 20 heavy (non-hydrogen) atoms. The summed E-state index contributed by atoms with van der Waals surface area (Å²) in [6.07, 6.45) is 2.81. The molecule has 0 heterocycles. The predicted molar refractivity (Wildman–Crippen MR) is 82.6 cm³/mol. The number of hydrogen-bond acceptors (Lipinski definition) is 3. The van der Waals surface area contributed by atoms with Crippen molar-refractivity contribution in [2.75, 3.05) is 31.1 Å². The Balaban J connectivity index is 3.06. The molecule has 2 N–H and O–H groups in total. The Bertz CT molecular complexity index is 423. The van der Waals surface area contributed by atoms with Gasteiger partial charge in [0.2, 0.25) is 0 Å². The SMILES string of the molecule is C=CCN(CCO)c1ccc(F)cc1C(C)NCCC. The van der Waals surface area contributed by atoms with Gasteiger partial charge in [0, 0.05) is 24.8 Å². The number of aliphatic hydroxyl groups excluding tert-OH is 1. The fourth-order valence-electron chi connectivity index (χ4n) is 2.22. The van der Waals surface area contributed by atoms with Crippen molar-refractivity contribution < 1.29 is 9.50 Å². The first-order valence-electron chi connectivity index (χ1n) is 7.13. The Kier molecular flexibility index (Phi) is 7.26. The van der Waals surface area contributed by atoms with Gasteiger partial charge in [0.25, 0.3) is 0 Å². The summed E-state index contributed by atoms with van der Waals surface area (Å²) in [5, 5.41) is 12.6. The molecule has 0 saturated heterocycles. The van der Waals surface area contributed by atoms with Gasteiger partial charge in [-0.05, 0) is 43.7 Å². The average Bonchev–Trinajstić information content (AvgIpc) is 2.44. The van der Waals surface area contributed by atoms with E-state index in [4.69, 9.17) is 0 Å². The molecule has 1 aromatic rings. The van der Waals surface area contributed by atoms with Crippen LogP contribution in [0.25, 0.3) is 0 Å². The lowest BCUT2D eigenvalue weighted by atomic mass is 10.0. The van der Waals surface area contributed by atoms with Crippen molar-refractivity contribution in [3.8, 4) is 0 Å². The van der Waals surface area contributed by atoms with Crippen molar-refractivity contribution in [3.63, 3.8) is 0 Å². The van der Waals surface area contributed by atoms with Crippen molar-refractivity contribution in [1.29, 1.82) is 0 Å². The minimum atomic E-state index is -0.239. The zero-order valence-electron chi connectivity index (χ0n) is 12.4. The molecular weight excluding hydrogens is 255 g/mol. The van der Waals surface area contributed by atoms with Gasteiger partial charge in [-0.3, -0.25) is 0 Å². The molecule has 1 atom stereocenters. The van der Waals surface area contributed by atoms with Crippen LogP contribution in [0.1, 0.15) is 31.9 Å². The molecule has 4 heteroatoms. The molecule has 3 nitrogen and oxygen atoms in total. The van der Waals surface area contributed by atoms with E-state index in [0.29, 0.717) is 13.1 Å². The van der Waals surface area contributed by atoms with Gasteiger partial charge in [0.1, 0.15) is 5.82 Å². The van der Waals surface area contributed by atoms with E-state index in [0.717, 1.165) is 24.2 Å². The molecule has 1 aromatic carbocycles. The van der Waals surface area contributed by atoms with Gasteiger partial charge in [0.15, 0.2) is 0 Å². The molecular formula is C16H25FN2O. The van der Waals surface area contributed by atoms with Crippen molar-refractivity contribution in [1.82, 2.24) is 5.32 Å². The van der Waals surface area contributed by atoms with E-state index in [1.807, 2.05) is 11.8 Å². The smallest absolute Gasteiger partial charge is 0.123 e. The summed E-state index contributed by atoms with van der Waals surface area (Å²) in [5.74, 6) is -0.239. The first-order chi connectivity index (χ1) is 9.63. The average molecular weight is 280 g/mol. The van der Waals surface area contributed by atoms with Crippen LogP contribution in [-0.2, 0) is 0 Å². The maximum absolute atomic E-state index is 13.5. The summed E-state index contributed by atoms with van der Waals surface area (Å²) in [7, 11) is 0. The zero-order valence-corrected chi connectivity index (χ0v) is 12.4. The second kappa shape index (κ2) is 8.72. The Morgan fingerprint density at radius 3 is 2.85 bits per heavy atom. The van der Waals surface area contributed by atoms with Gasteiger partial charge in [0.05, 0.1) is 6.61 Å². The highest BCUT2D eigenvalue weighted by Gasteiger charge is 2.15. The van der Waals surface area contributed by atoms with Crippen LogP contribution in [0.4, 0.5) is 10.1 Å². The molecule has 0 amide bonds. The second-order valence-electron chi connectivity index (χ2n) is 4.84. The van der Waals surface area contributed by atoms with Gasteiger partial charge >= 0.3 is 0 Å². The molecule has 1 unspecified atom stereocenters. The maximum Gasteiger partial charge on any atom is 0.123 e. The number of benzene rings is 1. The zero-order chi connectivity index (χ0) is 15.0. The quantitative estimate of drug-likeness (QED) is 0.683. The molecule has 0 aliphatic carbocycles. The van der Waals surface area contributed by atoms with E-state index < -0.39 is 0 Å². The van der Waals surface area contributed by atoms with Crippen LogP contribution in [0, 0.1) is 5.82 Å². The molecule has 0 spiro atoms. The van der Waals surface area contributed by atoms with Crippen molar-refractivity contribution >= 4 is 5.69 Å². The van der Waals surface area contributed by atoms with E-state index in [1.54, 1.807) is 18.2 Å². The van der Waals surface area contributed by atoms with E-state index in [-0.39, 0.29) is 18.5 Å². The standard InChI is InChI=1S/C16H25FN2O/c1-4-8-18-13(3)15-12-14(17)6-7-16(15)19(9-5-2)10-11-20/h5-7,12-13,18,20H,2,4,8-11H2,1,3H3. The third kappa shape index (κ3) is 4.62. The van der Waals surface area contributed by atoms with Crippen LogP contribution in [0.3, 0.4) is 0 Å². The third-order valence-corrected chi connectivity index (χ3v) is 3.22. The fraction of sp³-hybridized carbons (Fsp3) is 0.500. The molecule has 0 aromatic heterocycles. The first-order valence-corrected chi connectivity index (χ1v) is 7.13. The van der Waals surface area contributed by atoms with E-state index >= 15 is 0 Å². The molecule has 0 saturated carbocycles. The summed E-state index contributed by atoms with van der Waals surface area (Å²) in [5.41, 5.74) is 1.85. The van der Waals surface area contributed by atoms with E-state index in [2.05, 4.69) is 18.8 Å². The Morgan fingerprint density at radius 2 is 2.25 bits per heavy atom. The highest BCUT2D eigenvalue weighted by molar-refractivity contribution is 5.55. The Morgan fingerprint density at radius 1 is 1.50 bits per heavy atom. The van der Waals surface area contributed by atoms with Gasteiger partial charge < -0.3 is 15.3 Å². The summed E-state index contributed by atoms with van der Waals surface area (Å²) < 4.78 is 13.5. The van der Waals surface area contributed by atoms with Crippen molar-refractivity contribution in [2.24, 2.45) is 0 Å². The van der Waals surface area contributed by atoms with Crippen molar-refractivity contribution in [3.05, 3.63) is 42.2 Å². The number of rotatable bonds is 9. The number of anilines is 1. The fourth-order valence-corrected chi connectivity index (χ4v) is 2.22. The number of aliphatic hydroxyl groups is 1. The van der Waals surface area contributed by atoms with Gasteiger partial charge in [-0.15, -0.1) is 6.58 Å². The largest absolute Gasteiger partial charge is 0.395 e. The van der Waals surface area contributed by atoms with Crippen LogP contribution in [0.15, 0.2) is 30.9 Å². The van der Waals surface area contributed by atoms with Gasteiger partial charge in [-0.2, -0.15) is 0 Å². The Labute approximate surface area is 121 Å². The highest BCUT2D eigenvalue weighted by Crippen LogP contribution is 2.27. The van der Waals surface area contributed by atoms with Crippen LogP contribution < -0.4 is 10.2 Å². The lowest BCUT2D eigenvalue weighted by Crippen LogP contribution is -2.29. The lowest BCUT2D eigenvalue weighted by molar-refractivity contribution is 0.303. The molecule has 0 aliphatic rings. The maximum atomic E-state index is 13.5. The summed E-state index contributed by atoms with van der Waals surface area (Å²) in [6, 6.07) is 4.86. The first kappa shape index (κ1) is 16.7. The monoisotopic (exact) mass is 280 g/mol. The molecule has 0 radical (unpaired) electrons. The van der Waals surface area contributed by atoms with Gasteiger partial charge in [-0.25, -0.2) is 4.39 Å². The van der Waals surface area contributed by atoms with Crippen molar-refractivity contribution in [2.45, 2.75) is 26.3 Å². The third-order valence-electron chi connectivity index (χ3n) is 3.22. The summed E-state index contributed by atoms with van der Waals surface area (Å²) >= 11 is 0. The minimum absolute atomic E-state index is 0.0570. The van der Waals surface area contributed by atoms with E-state index in [1.165, 1.54) is 6.07 Å². The van der Waals surface area contributed by atoms with Gasteiger partial charge in [-0.1, -0.05) is 13.0 Å². The van der Waals surface area contributed by atoms with Crippen LogP contribution in [0.2, 0.25) is 0 Å². The molecule has 1 rings (SSSR count). The number of nitrogens with one attached hydrogen (secondary N) is 1. The van der Waals surface area contributed by atoms with Crippen LogP contribution in [-0.4, -0.2) is 31.3 Å². The molecule has 0 fully saturated rings. The highest BCUT2D eigenvalue weighted by atomic mass is 19.1. The normalized spacial score (nSPS) is 12.2. The topological polar surface area (TPSA) is 35.5 Å². The number of hydrogen-bond donors (Lipinski definition) is 2. The summed E-state index contributed by atoms with van der Waals surface area (Å²) in [4.78, 5) is 2.01. The minimum Gasteiger partial charge on any atom is -0.395 e. The molecule has 112 valence electrons. The summed E-state index contributed by atoms with van der Waals surface area (Å²) in [6.45, 7) is 9.94. The van der Waals surface area contributed by atoms with Crippen LogP contribution in [0.5, 0.6) is 0 Å². The number of nitrogens with zero attached hydrogens (tertiary/aromatic N) is 1. The molecule has 0 aliphatic heterocycles. The predicted octanol–water partition coefficient (Wildman–Crippen LogP) is 2.87. The second-order valence-corrected chi connectivity index (χ2v) is 4.84. The van der Waals surface area contributed by atoms with E-state index in [9.17, 15) is 9.50 Å². The van der Waals surface area contributed by atoms with Crippen LogP contribution >= 0.6 is 0 Å². The lowest BCUT2D eigenvalue weighted by Gasteiger charge is -2.27. The number of halogens is 1.